The van der Waals surface area contributed by atoms with Crippen LogP contribution in [0.25, 0.3) is 5.57 Å². The van der Waals surface area contributed by atoms with Gasteiger partial charge in [0.2, 0.25) is 0 Å². The zero-order chi connectivity index (χ0) is 14.7. The minimum Gasteiger partial charge on any atom is -0.463 e. The Labute approximate surface area is 131 Å². The van der Waals surface area contributed by atoms with Gasteiger partial charge in [0.25, 0.3) is 0 Å². The Morgan fingerprint density at radius 1 is 1.33 bits per heavy atom. The number of thioether (sulfide) groups is 1. The first-order valence-corrected chi connectivity index (χ1v) is 8.88. The lowest BCUT2D eigenvalue weighted by molar-refractivity contribution is -0.137. The lowest BCUT2D eigenvalue weighted by Gasteiger charge is -2.31. The summed E-state index contributed by atoms with van der Waals surface area (Å²) >= 11 is 1.95. The summed E-state index contributed by atoms with van der Waals surface area (Å²) < 4.78 is 5.16. The summed E-state index contributed by atoms with van der Waals surface area (Å²) in [4.78, 5) is 13.3. The van der Waals surface area contributed by atoms with Crippen LogP contribution in [0.1, 0.15) is 38.2 Å². The topological polar surface area (TPSA) is 26.3 Å². The van der Waals surface area contributed by atoms with E-state index in [-0.39, 0.29) is 5.97 Å². The molecule has 3 heteroatoms. The van der Waals surface area contributed by atoms with Crippen molar-refractivity contribution >= 4 is 23.3 Å². The highest BCUT2D eigenvalue weighted by Gasteiger charge is 2.32. The van der Waals surface area contributed by atoms with E-state index < -0.39 is 0 Å². The lowest BCUT2D eigenvalue weighted by atomic mass is 9.74. The van der Waals surface area contributed by atoms with E-state index in [1.54, 1.807) is 6.08 Å². The standard InChI is InChI=1S/C18H22O2S/c1-2-20-18(19)11-16-14-8-4-3-7-13(14)12-21-17-10-6-5-9-15(16)17/h5-6,9-11,13-14H,2-4,7-8,12H2,1H3/b16-11-/t13-,14+/m0/s1. The van der Waals surface area contributed by atoms with Crippen molar-refractivity contribution in [2.75, 3.05) is 12.4 Å². The van der Waals surface area contributed by atoms with E-state index in [0.29, 0.717) is 18.4 Å². The van der Waals surface area contributed by atoms with Gasteiger partial charge in [0, 0.05) is 16.7 Å². The Kier molecular flexibility index (Phi) is 4.69. The summed E-state index contributed by atoms with van der Waals surface area (Å²) in [6.45, 7) is 2.30. The molecule has 1 heterocycles. The minimum absolute atomic E-state index is 0.196. The maximum atomic E-state index is 12.0. The van der Waals surface area contributed by atoms with Gasteiger partial charge in [0.15, 0.2) is 0 Å². The van der Waals surface area contributed by atoms with Gasteiger partial charge in [0.1, 0.15) is 0 Å². The number of carbonyl (C=O) groups excluding carboxylic acids is 1. The van der Waals surface area contributed by atoms with E-state index in [1.807, 2.05) is 18.7 Å². The van der Waals surface area contributed by atoms with Gasteiger partial charge in [-0.2, -0.15) is 0 Å². The predicted octanol–water partition coefficient (Wildman–Crippen LogP) is 4.55. The molecule has 21 heavy (non-hydrogen) atoms. The van der Waals surface area contributed by atoms with Crippen molar-refractivity contribution in [3.05, 3.63) is 35.9 Å². The number of esters is 1. The van der Waals surface area contributed by atoms with Gasteiger partial charge in [-0.05, 0) is 48.8 Å². The van der Waals surface area contributed by atoms with Gasteiger partial charge >= 0.3 is 5.97 Å². The quantitative estimate of drug-likeness (QED) is 0.592. The molecule has 0 saturated heterocycles. The molecule has 0 aromatic heterocycles. The summed E-state index contributed by atoms with van der Waals surface area (Å²) in [5.74, 6) is 2.18. The largest absolute Gasteiger partial charge is 0.463 e. The molecule has 2 aliphatic rings. The van der Waals surface area contributed by atoms with E-state index in [4.69, 9.17) is 4.74 Å². The van der Waals surface area contributed by atoms with Crippen molar-refractivity contribution in [2.45, 2.75) is 37.5 Å². The summed E-state index contributed by atoms with van der Waals surface area (Å²) in [7, 11) is 0. The van der Waals surface area contributed by atoms with Crippen LogP contribution in [0.5, 0.6) is 0 Å². The SMILES string of the molecule is CCOC(=O)/C=C1\c2ccccc2SC[C@@H]2CCCC[C@@H]12. The molecule has 0 bridgehead atoms. The fourth-order valence-electron chi connectivity index (χ4n) is 3.54. The van der Waals surface area contributed by atoms with Crippen LogP contribution in [0.2, 0.25) is 0 Å². The van der Waals surface area contributed by atoms with Crippen molar-refractivity contribution in [1.82, 2.24) is 0 Å². The van der Waals surface area contributed by atoms with Crippen LogP contribution in [0.15, 0.2) is 35.2 Å². The van der Waals surface area contributed by atoms with Crippen molar-refractivity contribution < 1.29 is 9.53 Å². The maximum absolute atomic E-state index is 12.0. The number of benzene rings is 1. The first-order valence-electron chi connectivity index (χ1n) is 7.90. The van der Waals surface area contributed by atoms with E-state index in [2.05, 4.69) is 24.3 Å². The molecule has 1 saturated carbocycles. The van der Waals surface area contributed by atoms with Gasteiger partial charge in [-0.25, -0.2) is 4.79 Å². The molecule has 0 unspecified atom stereocenters. The Morgan fingerprint density at radius 2 is 2.14 bits per heavy atom. The summed E-state index contributed by atoms with van der Waals surface area (Å²) in [5, 5.41) is 0. The number of allylic oxidation sites excluding steroid dienone is 1. The van der Waals surface area contributed by atoms with E-state index >= 15 is 0 Å². The molecule has 3 rings (SSSR count). The second kappa shape index (κ2) is 6.69. The molecule has 2 atom stereocenters. The average molecular weight is 302 g/mol. The number of hydrogen-bond donors (Lipinski definition) is 0. The smallest absolute Gasteiger partial charge is 0.331 e. The highest BCUT2D eigenvalue weighted by Crippen LogP contribution is 2.47. The number of rotatable bonds is 2. The molecule has 1 fully saturated rings. The van der Waals surface area contributed by atoms with E-state index in [0.717, 1.165) is 0 Å². The molecule has 112 valence electrons. The fourth-order valence-corrected chi connectivity index (χ4v) is 4.85. The molecule has 0 spiro atoms. The van der Waals surface area contributed by atoms with Crippen LogP contribution in [0, 0.1) is 11.8 Å². The Balaban J connectivity index is 2.02. The van der Waals surface area contributed by atoms with Gasteiger partial charge < -0.3 is 4.74 Å². The van der Waals surface area contributed by atoms with E-state index in [9.17, 15) is 4.79 Å². The average Bonchev–Trinajstić information content (AvgIpc) is 2.66. The van der Waals surface area contributed by atoms with Crippen LogP contribution in [-0.4, -0.2) is 18.3 Å². The van der Waals surface area contributed by atoms with Crippen LogP contribution >= 0.6 is 11.8 Å². The number of carbonyl (C=O) groups is 1. The zero-order valence-corrected chi connectivity index (χ0v) is 13.3. The molecule has 0 radical (unpaired) electrons. The predicted molar refractivity (Wildman–Crippen MR) is 87.2 cm³/mol. The van der Waals surface area contributed by atoms with Gasteiger partial charge in [-0.15, -0.1) is 11.8 Å². The third-order valence-corrected chi connectivity index (χ3v) is 5.78. The zero-order valence-electron chi connectivity index (χ0n) is 12.5. The first-order chi connectivity index (χ1) is 10.3. The Bertz CT molecular complexity index is 550. The Hall–Kier alpha value is -1.22. The second-order valence-corrected chi connectivity index (χ2v) is 6.87. The van der Waals surface area contributed by atoms with Gasteiger partial charge in [-0.3, -0.25) is 0 Å². The molecule has 0 amide bonds. The third kappa shape index (κ3) is 3.18. The molecule has 0 N–H and O–H groups in total. The van der Waals surface area contributed by atoms with Crippen LogP contribution in [0.3, 0.4) is 0 Å². The maximum Gasteiger partial charge on any atom is 0.331 e. The van der Waals surface area contributed by atoms with E-state index in [1.165, 1.54) is 47.5 Å². The number of fused-ring (bicyclic) bond motifs is 2. The normalized spacial score (nSPS) is 26.6. The summed E-state index contributed by atoms with van der Waals surface area (Å²) in [6, 6.07) is 8.49. The van der Waals surface area contributed by atoms with Crippen molar-refractivity contribution in [1.29, 1.82) is 0 Å². The second-order valence-electron chi connectivity index (χ2n) is 5.81. The van der Waals surface area contributed by atoms with Crippen LogP contribution in [0.4, 0.5) is 0 Å². The monoisotopic (exact) mass is 302 g/mol. The van der Waals surface area contributed by atoms with Gasteiger partial charge in [0.05, 0.1) is 6.61 Å². The third-order valence-electron chi connectivity index (χ3n) is 4.52. The number of ether oxygens (including phenoxy) is 1. The highest BCUT2D eigenvalue weighted by atomic mass is 32.2. The van der Waals surface area contributed by atoms with Crippen molar-refractivity contribution in [3.63, 3.8) is 0 Å². The Morgan fingerprint density at radius 3 is 3.00 bits per heavy atom. The minimum atomic E-state index is -0.196. The molecule has 1 aromatic rings. The molecular weight excluding hydrogens is 280 g/mol. The summed E-state index contributed by atoms with van der Waals surface area (Å²) in [6.07, 6.45) is 6.84. The molecule has 1 aliphatic carbocycles. The van der Waals surface area contributed by atoms with Crippen LogP contribution < -0.4 is 0 Å². The van der Waals surface area contributed by atoms with Gasteiger partial charge in [-0.1, -0.05) is 31.0 Å². The molecular formula is C18H22O2S. The van der Waals surface area contributed by atoms with Crippen LogP contribution in [-0.2, 0) is 9.53 Å². The first kappa shape index (κ1) is 14.7. The lowest BCUT2D eigenvalue weighted by Crippen LogP contribution is -2.22. The van der Waals surface area contributed by atoms with Crippen molar-refractivity contribution in [3.8, 4) is 0 Å². The number of hydrogen-bond acceptors (Lipinski definition) is 3. The highest BCUT2D eigenvalue weighted by molar-refractivity contribution is 7.99. The fraction of sp³-hybridized carbons (Fsp3) is 0.500. The molecule has 1 aliphatic heterocycles. The van der Waals surface area contributed by atoms with Crippen molar-refractivity contribution in [2.24, 2.45) is 11.8 Å². The molecule has 2 nitrogen and oxygen atoms in total. The molecule has 1 aromatic carbocycles. The summed E-state index contributed by atoms with van der Waals surface area (Å²) in [5.41, 5.74) is 2.45.